The van der Waals surface area contributed by atoms with Gasteiger partial charge >= 0.3 is 6.09 Å². The van der Waals surface area contributed by atoms with Crippen LogP contribution in [-0.2, 0) is 44.5 Å². The summed E-state index contributed by atoms with van der Waals surface area (Å²) in [4.78, 5) is 59.9. The fourth-order valence-electron chi connectivity index (χ4n) is 6.72. The Hall–Kier alpha value is -3.63. The molecule has 4 amide bonds. The number of hydrogen-bond donors (Lipinski definition) is 3. The number of aromatic nitrogens is 1. The third kappa shape index (κ3) is 12.4. The van der Waals surface area contributed by atoms with Crippen LogP contribution in [0, 0.1) is 11.8 Å². The molecule has 2 heterocycles. The number of rotatable bonds is 19. The molecule has 3 N–H and O–H groups in total. The van der Waals surface area contributed by atoms with E-state index in [1.165, 1.54) is 32.7 Å². The fraction of sp³-hybridized carbons (Fsp3) is 0.667. The maximum Gasteiger partial charge on any atom is 0.408 e. The second-order valence-electron chi connectivity index (χ2n) is 15.1. The third-order valence-corrected chi connectivity index (χ3v) is 10.5. The zero-order chi connectivity index (χ0) is 40.2. The van der Waals surface area contributed by atoms with Crippen molar-refractivity contribution in [1.29, 1.82) is 0 Å². The van der Waals surface area contributed by atoms with E-state index in [9.17, 15) is 19.2 Å². The first-order valence-electron chi connectivity index (χ1n) is 18.5. The summed E-state index contributed by atoms with van der Waals surface area (Å²) in [5, 5.41) is 11.4. The number of ether oxygens (including phenoxy) is 5. The van der Waals surface area contributed by atoms with Crippen molar-refractivity contribution in [1.82, 2.24) is 25.8 Å². The lowest BCUT2D eigenvalue weighted by Gasteiger charge is -2.39. The number of carbonyl (C=O) groups excluding carboxylic acids is 4. The van der Waals surface area contributed by atoms with Crippen molar-refractivity contribution in [2.75, 3.05) is 34.9 Å². The standard InChI is InChI=1S/C39H61N5O9S/c1-12-24(4)31(44(8)37(47)30(23(2)3)43-38(48)53-39(5,6)7)27(49-9)21-29(45)41-22-28-32(50-10)33(51-11)34(52-28)35(46)42-26(36-40-18-19-54-36)20-25-16-14-13-15-17-25/h13-19,23-24,26-28,30-34H,12,20-22H2,1-11H3,(H,41,45)(H,42,46)(H,43,48)/t24-,26-,27-,28+,30-,31-,32+,33-,34-/m0/s1. The summed E-state index contributed by atoms with van der Waals surface area (Å²) in [6, 6.07) is 8.09. The molecule has 0 bridgehead atoms. The number of alkyl carbamates (subject to hydrolysis) is 1. The SMILES string of the molecule is CC[C@H](C)[C@@H]([C@H](CC(=O)NC[C@H]1O[C@H](C(=O)N[C@@H](Cc2ccccc2)c2nccs2)[C@@H](OC)[C@@H]1OC)OC)N(C)C(=O)[C@@H](NC(=O)OC(C)(C)C)C(C)C. The van der Waals surface area contributed by atoms with Gasteiger partial charge in [-0.3, -0.25) is 14.4 Å². The van der Waals surface area contributed by atoms with Gasteiger partial charge in [0, 0.05) is 46.5 Å². The number of thiazole rings is 1. The van der Waals surface area contributed by atoms with Crippen LogP contribution >= 0.6 is 11.3 Å². The molecule has 302 valence electrons. The lowest BCUT2D eigenvalue weighted by atomic mass is 9.90. The van der Waals surface area contributed by atoms with Crippen molar-refractivity contribution in [2.24, 2.45) is 11.8 Å². The number of nitrogens with zero attached hydrogens (tertiary/aromatic N) is 2. The van der Waals surface area contributed by atoms with Crippen LogP contribution < -0.4 is 16.0 Å². The summed E-state index contributed by atoms with van der Waals surface area (Å²) in [5.74, 6) is -1.33. The van der Waals surface area contributed by atoms with Crippen LogP contribution in [0.15, 0.2) is 41.9 Å². The summed E-state index contributed by atoms with van der Waals surface area (Å²) in [5.41, 5.74) is 0.313. The van der Waals surface area contributed by atoms with Crippen LogP contribution in [0.2, 0.25) is 0 Å². The minimum Gasteiger partial charge on any atom is -0.444 e. The highest BCUT2D eigenvalue weighted by atomic mass is 32.1. The number of likely N-dealkylation sites (N-methyl/N-ethyl adjacent to an activating group) is 1. The predicted octanol–water partition coefficient (Wildman–Crippen LogP) is 4.28. The maximum atomic E-state index is 13.9. The highest BCUT2D eigenvalue weighted by Crippen LogP contribution is 2.29. The van der Waals surface area contributed by atoms with Gasteiger partial charge in [0.2, 0.25) is 11.8 Å². The summed E-state index contributed by atoms with van der Waals surface area (Å²) in [6.45, 7) is 13.0. The molecule has 1 fully saturated rings. The third-order valence-electron chi connectivity index (χ3n) is 9.66. The topological polar surface area (TPSA) is 167 Å². The Bertz CT molecular complexity index is 1470. The van der Waals surface area contributed by atoms with Gasteiger partial charge in [-0.25, -0.2) is 9.78 Å². The molecule has 1 aromatic carbocycles. The Balaban J connectivity index is 1.70. The molecular formula is C39H61N5O9S. The zero-order valence-corrected chi connectivity index (χ0v) is 34.4. The molecule has 2 aromatic rings. The van der Waals surface area contributed by atoms with E-state index in [0.717, 1.165) is 10.6 Å². The summed E-state index contributed by atoms with van der Waals surface area (Å²) in [6.07, 6.45) is -1.58. The molecule has 0 saturated carbocycles. The van der Waals surface area contributed by atoms with Gasteiger partial charge in [-0.1, -0.05) is 64.4 Å². The second-order valence-corrected chi connectivity index (χ2v) is 16.0. The smallest absolute Gasteiger partial charge is 0.408 e. The van der Waals surface area contributed by atoms with Gasteiger partial charge in [-0.2, -0.15) is 0 Å². The molecule has 0 radical (unpaired) electrons. The van der Waals surface area contributed by atoms with Gasteiger partial charge in [-0.15, -0.1) is 11.3 Å². The number of nitrogens with one attached hydrogen (secondary N) is 3. The minimum atomic E-state index is -1.01. The second kappa shape index (κ2) is 20.9. The van der Waals surface area contributed by atoms with E-state index in [1.807, 2.05) is 63.4 Å². The van der Waals surface area contributed by atoms with Crippen LogP contribution in [0.4, 0.5) is 4.79 Å². The first-order chi connectivity index (χ1) is 25.5. The van der Waals surface area contributed by atoms with Crippen LogP contribution in [0.25, 0.3) is 0 Å². The molecule has 0 aliphatic carbocycles. The van der Waals surface area contributed by atoms with Gasteiger partial charge in [0.05, 0.1) is 24.6 Å². The highest BCUT2D eigenvalue weighted by molar-refractivity contribution is 7.09. The van der Waals surface area contributed by atoms with Gasteiger partial charge in [0.15, 0.2) is 6.10 Å². The van der Waals surface area contributed by atoms with E-state index in [2.05, 4.69) is 20.9 Å². The van der Waals surface area contributed by atoms with E-state index in [-0.39, 0.29) is 48.6 Å². The van der Waals surface area contributed by atoms with Crippen LogP contribution in [0.3, 0.4) is 0 Å². The Kier molecular flexibility index (Phi) is 17.3. The molecule has 1 aromatic heterocycles. The molecule has 1 aliphatic heterocycles. The van der Waals surface area contributed by atoms with E-state index in [4.69, 9.17) is 23.7 Å². The molecule has 14 nitrogen and oxygen atoms in total. The van der Waals surface area contributed by atoms with Crippen molar-refractivity contribution >= 4 is 35.2 Å². The molecule has 9 atom stereocenters. The number of methoxy groups -OCH3 is 3. The first-order valence-corrected chi connectivity index (χ1v) is 19.4. The summed E-state index contributed by atoms with van der Waals surface area (Å²) in [7, 11) is 6.18. The summed E-state index contributed by atoms with van der Waals surface area (Å²) >= 11 is 1.46. The zero-order valence-electron chi connectivity index (χ0n) is 33.6. The lowest BCUT2D eigenvalue weighted by Crippen LogP contribution is -2.57. The van der Waals surface area contributed by atoms with E-state index in [0.29, 0.717) is 12.8 Å². The molecule has 1 saturated heterocycles. The average molecular weight is 776 g/mol. The van der Waals surface area contributed by atoms with Crippen molar-refractivity contribution < 1.29 is 42.9 Å². The Morgan fingerprint density at radius 1 is 1.00 bits per heavy atom. The number of hydrogen-bond acceptors (Lipinski definition) is 11. The normalized spacial score (nSPS) is 21.4. The monoisotopic (exact) mass is 775 g/mol. The first kappa shape index (κ1) is 44.8. The number of amides is 4. The van der Waals surface area contributed by atoms with Crippen LogP contribution in [0.1, 0.15) is 77.9 Å². The molecule has 15 heteroatoms. The molecule has 0 unspecified atom stereocenters. The van der Waals surface area contributed by atoms with Crippen molar-refractivity contribution in [3.63, 3.8) is 0 Å². The summed E-state index contributed by atoms with van der Waals surface area (Å²) < 4.78 is 29.0. The Labute approximate surface area is 324 Å². The van der Waals surface area contributed by atoms with Crippen molar-refractivity contribution in [3.05, 3.63) is 52.5 Å². The van der Waals surface area contributed by atoms with E-state index < -0.39 is 54.3 Å². The molecule has 3 rings (SSSR count). The molecule has 0 spiro atoms. The largest absolute Gasteiger partial charge is 0.444 e. The van der Waals surface area contributed by atoms with E-state index >= 15 is 0 Å². The predicted molar refractivity (Wildman–Crippen MR) is 206 cm³/mol. The fourth-order valence-corrected chi connectivity index (χ4v) is 7.41. The molecule has 1 aliphatic rings. The Morgan fingerprint density at radius 3 is 2.20 bits per heavy atom. The quantitative estimate of drug-likeness (QED) is 0.188. The molecule has 54 heavy (non-hydrogen) atoms. The van der Waals surface area contributed by atoms with Crippen LogP contribution in [-0.4, -0.2) is 117 Å². The van der Waals surface area contributed by atoms with Gasteiger partial charge in [0.25, 0.3) is 5.91 Å². The minimum absolute atomic E-state index is 0.0370. The molecular weight excluding hydrogens is 715 g/mol. The van der Waals surface area contributed by atoms with Crippen molar-refractivity contribution in [2.45, 2.75) is 122 Å². The van der Waals surface area contributed by atoms with Gasteiger partial charge in [-0.05, 0) is 44.6 Å². The average Bonchev–Trinajstić information content (AvgIpc) is 3.80. The highest BCUT2D eigenvalue weighted by Gasteiger charge is 2.49. The Morgan fingerprint density at radius 2 is 1.67 bits per heavy atom. The van der Waals surface area contributed by atoms with Gasteiger partial charge < -0.3 is 44.5 Å². The lowest BCUT2D eigenvalue weighted by molar-refractivity contribution is -0.142. The van der Waals surface area contributed by atoms with Crippen LogP contribution in [0.5, 0.6) is 0 Å². The van der Waals surface area contributed by atoms with Crippen molar-refractivity contribution in [3.8, 4) is 0 Å². The maximum absolute atomic E-state index is 13.9. The van der Waals surface area contributed by atoms with E-state index in [1.54, 1.807) is 38.9 Å². The number of benzene rings is 1. The number of carbonyl (C=O) groups is 4. The van der Waals surface area contributed by atoms with Gasteiger partial charge in [0.1, 0.15) is 35.0 Å².